The van der Waals surface area contributed by atoms with Crippen molar-refractivity contribution in [2.24, 2.45) is 0 Å². The summed E-state index contributed by atoms with van der Waals surface area (Å²) in [6.45, 7) is 4.80. The molecule has 1 saturated heterocycles. The van der Waals surface area contributed by atoms with Crippen molar-refractivity contribution >= 4 is 46.3 Å². The van der Waals surface area contributed by atoms with Gasteiger partial charge in [-0.2, -0.15) is 0 Å². The fraction of sp³-hybridized carbons (Fsp3) is 0.200. The van der Waals surface area contributed by atoms with E-state index in [-0.39, 0.29) is 5.24 Å². The van der Waals surface area contributed by atoms with Crippen molar-refractivity contribution in [3.63, 3.8) is 0 Å². The SMILES string of the molecule is CCOc1ccc(/C=C2\SC(=O)N(c3ccccc3Cl)C2=O)cc1OCC. The van der Waals surface area contributed by atoms with Gasteiger partial charge in [0.1, 0.15) is 0 Å². The monoisotopic (exact) mass is 403 g/mol. The Morgan fingerprint density at radius 1 is 1.04 bits per heavy atom. The first-order chi connectivity index (χ1) is 13.0. The molecule has 2 amide bonds. The first-order valence-corrected chi connectivity index (χ1v) is 9.66. The summed E-state index contributed by atoms with van der Waals surface area (Å²) in [6.07, 6.45) is 1.67. The van der Waals surface area contributed by atoms with Crippen LogP contribution in [0.1, 0.15) is 19.4 Å². The number of benzene rings is 2. The van der Waals surface area contributed by atoms with E-state index in [2.05, 4.69) is 0 Å². The molecule has 5 nitrogen and oxygen atoms in total. The van der Waals surface area contributed by atoms with Gasteiger partial charge in [0.2, 0.25) is 0 Å². The highest BCUT2D eigenvalue weighted by Gasteiger charge is 2.37. The van der Waals surface area contributed by atoms with Gasteiger partial charge in [0.15, 0.2) is 11.5 Å². The fourth-order valence-electron chi connectivity index (χ4n) is 2.62. The molecule has 7 heteroatoms. The Kier molecular flexibility index (Phi) is 6.08. The Morgan fingerprint density at radius 2 is 1.74 bits per heavy atom. The van der Waals surface area contributed by atoms with Crippen LogP contribution in [0, 0.1) is 0 Å². The molecule has 0 spiro atoms. The molecule has 1 fully saturated rings. The van der Waals surface area contributed by atoms with Gasteiger partial charge in [0.25, 0.3) is 11.1 Å². The number of nitrogens with zero attached hydrogens (tertiary/aromatic N) is 1. The maximum absolute atomic E-state index is 12.8. The summed E-state index contributed by atoms with van der Waals surface area (Å²) in [5, 5.41) is -0.0314. The number of para-hydroxylation sites is 1. The summed E-state index contributed by atoms with van der Waals surface area (Å²) >= 11 is 7.02. The van der Waals surface area contributed by atoms with E-state index in [0.29, 0.717) is 40.3 Å². The molecule has 0 unspecified atom stereocenters. The van der Waals surface area contributed by atoms with Crippen molar-refractivity contribution in [3.8, 4) is 11.5 Å². The average Bonchev–Trinajstić information content (AvgIpc) is 2.92. The number of rotatable bonds is 6. The number of hydrogen-bond donors (Lipinski definition) is 0. The molecule has 0 N–H and O–H groups in total. The summed E-state index contributed by atoms with van der Waals surface area (Å²) in [5.74, 6) is 0.837. The standard InChI is InChI=1S/C20H18ClNO4S/c1-3-25-16-10-9-13(11-17(16)26-4-2)12-18-19(23)22(20(24)27-18)15-8-6-5-7-14(15)21/h5-12H,3-4H2,1-2H3/b18-12-. The predicted molar refractivity (Wildman–Crippen MR) is 109 cm³/mol. The maximum atomic E-state index is 12.8. The first-order valence-electron chi connectivity index (χ1n) is 8.47. The van der Waals surface area contributed by atoms with Crippen LogP contribution in [0.4, 0.5) is 10.5 Å². The molecule has 2 aromatic rings. The molecule has 2 aromatic carbocycles. The molecule has 0 aromatic heterocycles. The van der Waals surface area contributed by atoms with Gasteiger partial charge in [-0.25, -0.2) is 4.90 Å². The number of amides is 2. The second kappa shape index (κ2) is 8.50. The highest BCUT2D eigenvalue weighted by atomic mass is 35.5. The van der Waals surface area contributed by atoms with Crippen LogP contribution >= 0.6 is 23.4 Å². The fourth-order valence-corrected chi connectivity index (χ4v) is 3.67. The molecule has 0 bridgehead atoms. The molecule has 1 aliphatic rings. The average molecular weight is 404 g/mol. The lowest BCUT2D eigenvalue weighted by atomic mass is 10.1. The Balaban J connectivity index is 1.92. The molecule has 0 aliphatic carbocycles. The maximum Gasteiger partial charge on any atom is 0.298 e. The number of hydrogen-bond acceptors (Lipinski definition) is 5. The second-order valence-corrected chi connectivity index (χ2v) is 6.94. The van der Waals surface area contributed by atoms with E-state index in [9.17, 15) is 9.59 Å². The molecule has 0 atom stereocenters. The molecule has 27 heavy (non-hydrogen) atoms. The Labute approximate surface area is 166 Å². The smallest absolute Gasteiger partial charge is 0.298 e. The van der Waals surface area contributed by atoms with Gasteiger partial charge in [-0.05, 0) is 61.5 Å². The van der Waals surface area contributed by atoms with Gasteiger partial charge in [-0.15, -0.1) is 0 Å². The van der Waals surface area contributed by atoms with E-state index < -0.39 is 5.91 Å². The normalized spacial score (nSPS) is 15.5. The van der Waals surface area contributed by atoms with E-state index in [1.807, 2.05) is 19.9 Å². The highest BCUT2D eigenvalue weighted by molar-refractivity contribution is 8.19. The lowest BCUT2D eigenvalue weighted by Gasteiger charge is -2.13. The quantitative estimate of drug-likeness (QED) is 0.606. The molecular weight excluding hydrogens is 386 g/mol. The molecule has 3 rings (SSSR count). The van der Waals surface area contributed by atoms with Crippen LogP contribution in [0.25, 0.3) is 6.08 Å². The Hall–Kier alpha value is -2.44. The van der Waals surface area contributed by atoms with Crippen LogP contribution < -0.4 is 14.4 Å². The first kappa shape index (κ1) is 19.3. The number of anilines is 1. The number of carbonyl (C=O) groups is 2. The number of halogens is 1. The van der Waals surface area contributed by atoms with Crippen molar-refractivity contribution in [2.45, 2.75) is 13.8 Å². The minimum Gasteiger partial charge on any atom is -0.490 e. The van der Waals surface area contributed by atoms with E-state index in [4.69, 9.17) is 21.1 Å². The minimum atomic E-state index is -0.398. The Bertz CT molecular complexity index is 913. The van der Waals surface area contributed by atoms with Crippen molar-refractivity contribution < 1.29 is 19.1 Å². The van der Waals surface area contributed by atoms with Gasteiger partial charge < -0.3 is 9.47 Å². The van der Waals surface area contributed by atoms with E-state index in [1.54, 1.807) is 42.5 Å². The molecule has 140 valence electrons. The molecule has 0 saturated carbocycles. The summed E-state index contributed by atoms with van der Waals surface area (Å²) in [5.41, 5.74) is 1.12. The number of thioether (sulfide) groups is 1. The zero-order chi connectivity index (χ0) is 19.4. The zero-order valence-electron chi connectivity index (χ0n) is 14.9. The molecule has 1 aliphatic heterocycles. The van der Waals surface area contributed by atoms with Crippen LogP contribution in [0.15, 0.2) is 47.4 Å². The zero-order valence-corrected chi connectivity index (χ0v) is 16.5. The summed E-state index contributed by atoms with van der Waals surface area (Å²) in [7, 11) is 0. The van der Waals surface area contributed by atoms with E-state index in [0.717, 1.165) is 22.2 Å². The Morgan fingerprint density at radius 3 is 2.44 bits per heavy atom. The molecule has 0 radical (unpaired) electrons. The van der Waals surface area contributed by atoms with Crippen LogP contribution in [0.5, 0.6) is 11.5 Å². The minimum absolute atomic E-state index is 0.325. The highest BCUT2D eigenvalue weighted by Crippen LogP contribution is 2.39. The largest absolute Gasteiger partial charge is 0.490 e. The van der Waals surface area contributed by atoms with Crippen LogP contribution in [0.3, 0.4) is 0 Å². The summed E-state index contributed by atoms with van der Waals surface area (Å²) in [6, 6.07) is 12.2. The third-order valence-corrected chi connectivity index (χ3v) is 4.94. The van der Waals surface area contributed by atoms with Crippen molar-refractivity contribution in [3.05, 3.63) is 58.0 Å². The topological polar surface area (TPSA) is 55.8 Å². The predicted octanol–water partition coefficient (Wildman–Crippen LogP) is 5.38. The summed E-state index contributed by atoms with van der Waals surface area (Å²) in [4.78, 5) is 26.5. The number of imide groups is 1. The lowest BCUT2D eigenvalue weighted by molar-refractivity contribution is -0.113. The number of ether oxygens (including phenoxy) is 2. The second-order valence-electron chi connectivity index (χ2n) is 5.54. The van der Waals surface area contributed by atoms with Gasteiger partial charge in [-0.1, -0.05) is 29.8 Å². The number of carbonyl (C=O) groups excluding carboxylic acids is 2. The molecule has 1 heterocycles. The third kappa shape index (κ3) is 4.12. The van der Waals surface area contributed by atoms with Gasteiger partial charge in [0, 0.05) is 0 Å². The summed E-state index contributed by atoms with van der Waals surface area (Å²) < 4.78 is 11.2. The van der Waals surface area contributed by atoms with Crippen molar-refractivity contribution in [2.75, 3.05) is 18.1 Å². The van der Waals surface area contributed by atoms with E-state index >= 15 is 0 Å². The molecular formula is C20H18ClNO4S. The van der Waals surface area contributed by atoms with Crippen LogP contribution in [-0.4, -0.2) is 24.4 Å². The van der Waals surface area contributed by atoms with Gasteiger partial charge >= 0.3 is 0 Å². The van der Waals surface area contributed by atoms with E-state index in [1.165, 1.54) is 0 Å². The lowest BCUT2D eigenvalue weighted by Crippen LogP contribution is -2.27. The van der Waals surface area contributed by atoms with Crippen molar-refractivity contribution in [1.29, 1.82) is 0 Å². The van der Waals surface area contributed by atoms with Crippen LogP contribution in [0.2, 0.25) is 5.02 Å². The van der Waals surface area contributed by atoms with Gasteiger partial charge in [0.05, 0.1) is 28.8 Å². The van der Waals surface area contributed by atoms with Crippen molar-refractivity contribution in [1.82, 2.24) is 0 Å². The van der Waals surface area contributed by atoms with Crippen LogP contribution in [-0.2, 0) is 4.79 Å². The van der Waals surface area contributed by atoms with Gasteiger partial charge in [-0.3, -0.25) is 9.59 Å². The third-order valence-electron chi connectivity index (χ3n) is 3.75.